The highest BCUT2D eigenvalue weighted by molar-refractivity contribution is 6.13. The molecule has 11 aromatic rings. The van der Waals surface area contributed by atoms with E-state index in [4.69, 9.17) is 15.0 Å². The molecule has 3 aromatic heterocycles. The molecule has 0 amide bonds. The molecule has 0 saturated heterocycles. The minimum atomic E-state index is -4.80. The van der Waals surface area contributed by atoms with Crippen LogP contribution in [-0.2, 0) is 27.8 Å². The van der Waals surface area contributed by atoms with Gasteiger partial charge in [0.1, 0.15) is 0 Å². The SMILES string of the molecule is CC(C)(C)c1ccc2c(c1)c1cc(C(C)(C)C)ccc1n2-c1cccc(-c2nc(-c3ccccc3)nc(-c3ccccc3)n2)c1-c1c(-n2c3ccc(C(C)(C)C)cc3c3cc(C(C)(C)C)ccc32)cccc1C(F)(F)F. The van der Waals surface area contributed by atoms with Crippen LogP contribution < -0.4 is 0 Å². The predicted octanol–water partition coefficient (Wildman–Crippen LogP) is 18.9. The Labute approximate surface area is 444 Å². The van der Waals surface area contributed by atoms with Crippen molar-refractivity contribution in [1.29, 1.82) is 0 Å². The van der Waals surface area contributed by atoms with Gasteiger partial charge in [0.25, 0.3) is 0 Å². The second-order valence-electron chi connectivity index (χ2n) is 24.5. The summed E-state index contributed by atoms with van der Waals surface area (Å²) < 4.78 is 54.3. The molecule has 0 N–H and O–H groups in total. The van der Waals surface area contributed by atoms with Gasteiger partial charge in [-0.25, -0.2) is 15.0 Å². The van der Waals surface area contributed by atoms with Crippen LogP contribution in [0.15, 0.2) is 170 Å². The molecule has 3 heterocycles. The molecule has 8 aromatic carbocycles. The van der Waals surface area contributed by atoms with E-state index < -0.39 is 11.7 Å². The first kappa shape index (κ1) is 50.3. The zero-order valence-corrected chi connectivity index (χ0v) is 45.5. The summed E-state index contributed by atoms with van der Waals surface area (Å²) in [4.78, 5) is 15.5. The molecule has 0 bridgehead atoms. The van der Waals surface area contributed by atoms with Gasteiger partial charge in [0.2, 0.25) is 0 Å². The zero-order chi connectivity index (χ0) is 53.9. The lowest BCUT2D eigenvalue weighted by Crippen LogP contribution is -2.13. The smallest absolute Gasteiger partial charge is 0.309 e. The number of hydrogen-bond donors (Lipinski definition) is 0. The predicted molar refractivity (Wildman–Crippen MR) is 310 cm³/mol. The van der Waals surface area contributed by atoms with Gasteiger partial charge in [0.05, 0.1) is 39.0 Å². The van der Waals surface area contributed by atoms with Crippen LogP contribution in [0.1, 0.15) is 111 Å². The molecule has 0 unspecified atom stereocenters. The van der Waals surface area contributed by atoms with Gasteiger partial charge in [-0.1, -0.05) is 186 Å². The number of benzene rings is 8. The number of nitrogens with zero attached hydrogens (tertiary/aromatic N) is 5. The van der Waals surface area contributed by atoms with Crippen LogP contribution in [0.4, 0.5) is 13.2 Å². The zero-order valence-electron chi connectivity index (χ0n) is 45.5. The number of halogens is 3. The summed E-state index contributed by atoms with van der Waals surface area (Å²) in [6, 6.07) is 55.7. The molecule has 0 radical (unpaired) electrons. The summed E-state index contributed by atoms with van der Waals surface area (Å²) in [6.45, 7) is 26.4. The van der Waals surface area contributed by atoms with Crippen LogP contribution >= 0.6 is 0 Å². The van der Waals surface area contributed by atoms with Crippen molar-refractivity contribution in [2.45, 2.75) is 111 Å². The third-order valence-corrected chi connectivity index (χ3v) is 15.1. The van der Waals surface area contributed by atoms with Gasteiger partial charge in [-0.15, -0.1) is 0 Å². The van der Waals surface area contributed by atoms with Crippen LogP contribution in [0.2, 0.25) is 0 Å². The Bertz CT molecular complexity index is 3860. The first-order valence-electron chi connectivity index (χ1n) is 26.3. The highest BCUT2D eigenvalue weighted by Gasteiger charge is 2.38. The summed E-state index contributed by atoms with van der Waals surface area (Å²) in [6.07, 6.45) is -4.80. The molecule has 0 aliphatic carbocycles. The van der Waals surface area contributed by atoms with Crippen molar-refractivity contribution in [2.75, 3.05) is 0 Å². The minimum absolute atomic E-state index is 0.00903. The summed E-state index contributed by atoms with van der Waals surface area (Å²) in [7, 11) is 0. The molecule has 382 valence electrons. The van der Waals surface area contributed by atoms with E-state index >= 15 is 13.2 Å². The molecule has 76 heavy (non-hydrogen) atoms. The molecule has 0 aliphatic heterocycles. The largest absolute Gasteiger partial charge is 0.417 e. The summed E-state index contributed by atoms with van der Waals surface area (Å²) >= 11 is 0. The van der Waals surface area contributed by atoms with E-state index in [1.807, 2.05) is 89.5 Å². The molecule has 0 aliphatic rings. The van der Waals surface area contributed by atoms with Crippen LogP contribution in [0.3, 0.4) is 0 Å². The van der Waals surface area contributed by atoms with Gasteiger partial charge in [0.15, 0.2) is 17.5 Å². The second-order valence-corrected chi connectivity index (χ2v) is 24.5. The lowest BCUT2D eigenvalue weighted by atomic mass is 9.85. The van der Waals surface area contributed by atoms with Crippen molar-refractivity contribution in [3.63, 3.8) is 0 Å². The molecular weight excluding hydrogens is 944 g/mol. The standard InChI is InChI=1S/C68H64F3N5/c1-64(2,3)43-29-33-53-48(37-43)49-38-44(65(4,5)6)30-34-54(49)75(53)57-27-19-25-47(63-73-61(41-21-15-13-16-22-41)72-62(74-63)42-23-17-14-18-24-42)59(57)60-52(68(69,70)71)26-20-28-58(60)76-55-35-31-45(66(7,8)9)39-50(55)51-40-46(67(10,11)12)32-36-56(51)76/h13-40H,1-12H3. The van der Waals surface area contributed by atoms with Crippen molar-refractivity contribution in [3.8, 4) is 56.7 Å². The first-order valence-corrected chi connectivity index (χ1v) is 26.3. The molecule has 5 nitrogen and oxygen atoms in total. The number of hydrogen-bond acceptors (Lipinski definition) is 3. The van der Waals surface area contributed by atoms with Crippen molar-refractivity contribution in [3.05, 3.63) is 198 Å². The van der Waals surface area contributed by atoms with Gasteiger partial charge in [-0.05, 0) is 111 Å². The maximum absolute atomic E-state index is 16.7. The van der Waals surface area contributed by atoms with Crippen LogP contribution in [0, 0.1) is 0 Å². The normalized spacial score (nSPS) is 12.9. The quantitative estimate of drug-likeness (QED) is 0.167. The Kier molecular flexibility index (Phi) is 11.9. The van der Waals surface area contributed by atoms with Crippen molar-refractivity contribution >= 4 is 43.6 Å². The summed E-state index contributed by atoms with van der Waals surface area (Å²) in [5.41, 5.74) is 9.58. The fraction of sp³-hybridized carbons (Fsp3) is 0.250. The van der Waals surface area contributed by atoms with Crippen LogP contribution in [-0.4, -0.2) is 24.1 Å². The van der Waals surface area contributed by atoms with E-state index in [9.17, 15) is 0 Å². The summed E-state index contributed by atoms with van der Waals surface area (Å²) in [5, 5.41) is 3.96. The van der Waals surface area contributed by atoms with Gasteiger partial charge in [0, 0.05) is 49.4 Å². The topological polar surface area (TPSA) is 48.5 Å². The van der Waals surface area contributed by atoms with Crippen LogP contribution in [0.5, 0.6) is 0 Å². The van der Waals surface area contributed by atoms with E-state index in [0.717, 1.165) is 77.0 Å². The molecule has 0 spiro atoms. The van der Waals surface area contributed by atoms with Crippen LogP contribution in [0.25, 0.3) is 100 Å². The number of aromatic nitrogens is 5. The number of alkyl halides is 3. The van der Waals surface area contributed by atoms with Gasteiger partial charge >= 0.3 is 6.18 Å². The maximum Gasteiger partial charge on any atom is 0.417 e. The first-order chi connectivity index (χ1) is 35.9. The lowest BCUT2D eigenvalue weighted by Gasteiger charge is -2.25. The second kappa shape index (κ2) is 17.9. The molecule has 11 rings (SSSR count). The Morgan fingerprint density at radius 2 is 0.658 bits per heavy atom. The van der Waals surface area contributed by atoms with E-state index in [1.54, 1.807) is 6.07 Å². The Balaban J connectivity index is 1.34. The molecular formula is C68H64F3N5. The molecule has 0 saturated carbocycles. The fourth-order valence-electron chi connectivity index (χ4n) is 10.8. The third-order valence-electron chi connectivity index (χ3n) is 15.1. The Morgan fingerprint density at radius 3 is 1.00 bits per heavy atom. The lowest BCUT2D eigenvalue weighted by molar-refractivity contribution is -0.137. The summed E-state index contributed by atoms with van der Waals surface area (Å²) in [5.74, 6) is 1.04. The Hall–Kier alpha value is -7.84. The molecule has 0 atom stereocenters. The average molecular weight is 1010 g/mol. The van der Waals surface area contributed by atoms with E-state index in [0.29, 0.717) is 34.2 Å². The van der Waals surface area contributed by atoms with Crippen molar-refractivity contribution < 1.29 is 13.2 Å². The molecule has 0 fully saturated rings. The van der Waals surface area contributed by atoms with Crippen molar-refractivity contribution in [1.82, 2.24) is 24.1 Å². The number of fused-ring (bicyclic) bond motifs is 6. The third kappa shape index (κ3) is 8.85. The number of rotatable bonds is 6. The van der Waals surface area contributed by atoms with E-state index in [2.05, 4.69) is 160 Å². The average Bonchev–Trinajstić information content (AvgIpc) is 4.08. The molecule has 8 heteroatoms. The van der Waals surface area contributed by atoms with E-state index in [1.165, 1.54) is 6.07 Å². The maximum atomic E-state index is 16.7. The highest BCUT2D eigenvalue weighted by atomic mass is 19.4. The van der Waals surface area contributed by atoms with Gasteiger partial charge < -0.3 is 9.13 Å². The monoisotopic (exact) mass is 1010 g/mol. The highest BCUT2D eigenvalue weighted by Crippen LogP contribution is 2.50. The minimum Gasteiger partial charge on any atom is -0.309 e. The van der Waals surface area contributed by atoms with Gasteiger partial charge in [-0.2, -0.15) is 13.2 Å². The van der Waals surface area contributed by atoms with Gasteiger partial charge in [-0.3, -0.25) is 0 Å². The van der Waals surface area contributed by atoms with E-state index in [-0.39, 0.29) is 33.0 Å². The Morgan fingerprint density at radius 1 is 0.329 bits per heavy atom. The van der Waals surface area contributed by atoms with Crippen molar-refractivity contribution in [2.24, 2.45) is 0 Å². The fourth-order valence-corrected chi connectivity index (χ4v) is 10.8.